The van der Waals surface area contributed by atoms with Gasteiger partial charge in [-0.3, -0.25) is 4.79 Å². The second-order valence-electron chi connectivity index (χ2n) is 5.65. The predicted octanol–water partition coefficient (Wildman–Crippen LogP) is 5.33. The Bertz CT molecular complexity index is 730. The summed E-state index contributed by atoms with van der Waals surface area (Å²) in [5.74, 6) is 1.22. The van der Waals surface area contributed by atoms with Gasteiger partial charge in [0.25, 0.3) is 0 Å². The highest BCUT2D eigenvalue weighted by Gasteiger charge is 2.15. The van der Waals surface area contributed by atoms with Crippen molar-refractivity contribution >= 4 is 35.2 Å². The summed E-state index contributed by atoms with van der Waals surface area (Å²) >= 11 is 11.9. The van der Waals surface area contributed by atoms with Gasteiger partial charge in [0.2, 0.25) is 5.91 Å². The monoisotopic (exact) mass is 349 g/mol. The average molecular weight is 350 g/mol. The number of carbonyl (C=O) groups excluding carboxylic acids is 1. The van der Waals surface area contributed by atoms with Gasteiger partial charge in [0.15, 0.2) is 0 Å². The number of benzene rings is 1. The van der Waals surface area contributed by atoms with E-state index < -0.39 is 0 Å². The first kappa shape index (κ1) is 16.2. The minimum Gasteiger partial charge on any atom is -0.457 e. The maximum absolute atomic E-state index is 11.9. The lowest BCUT2D eigenvalue weighted by atomic mass is 10.2. The lowest BCUT2D eigenvalue weighted by Crippen LogP contribution is -2.30. The second kappa shape index (κ2) is 7.24. The van der Waals surface area contributed by atoms with Crippen LogP contribution in [0.4, 0.5) is 0 Å². The molecule has 3 nitrogen and oxygen atoms in total. The fourth-order valence-corrected chi connectivity index (χ4v) is 3.02. The maximum Gasteiger partial charge on any atom is 0.244 e. The molecule has 0 aliphatic heterocycles. The number of furan rings is 1. The molecule has 1 aliphatic rings. The van der Waals surface area contributed by atoms with E-state index in [1.807, 2.05) is 18.2 Å². The zero-order chi connectivity index (χ0) is 16.2. The quantitative estimate of drug-likeness (QED) is 0.758. The summed E-state index contributed by atoms with van der Waals surface area (Å²) in [6, 6.07) is 9.30. The topological polar surface area (TPSA) is 42.2 Å². The molecule has 0 unspecified atom stereocenters. The first-order chi connectivity index (χ1) is 11.1. The van der Waals surface area contributed by atoms with E-state index in [1.54, 1.807) is 18.2 Å². The van der Waals surface area contributed by atoms with Crippen LogP contribution in [0.15, 0.2) is 40.8 Å². The van der Waals surface area contributed by atoms with Crippen LogP contribution in [0.25, 0.3) is 17.4 Å². The Morgan fingerprint density at radius 1 is 1.13 bits per heavy atom. The molecule has 0 bridgehead atoms. The molecular weight excluding hydrogens is 333 g/mol. The molecule has 1 aliphatic carbocycles. The van der Waals surface area contributed by atoms with E-state index in [9.17, 15) is 4.79 Å². The molecule has 5 heteroatoms. The van der Waals surface area contributed by atoms with Crippen molar-refractivity contribution in [1.29, 1.82) is 0 Å². The Morgan fingerprint density at radius 2 is 1.91 bits per heavy atom. The third-order valence-corrected chi connectivity index (χ3v) is 4.67. The molecule has 1 aromatic heterocycles. The van der Waals surface area contributed by atoms with Crippen LogP contribution in [-0.4, -0.2) is 11.9 Å². The van der Waals surface area contributed by atoms with Gasteiger partial charge >= 0.3 is 0 Å². The Labute approximate surface area is 145 Å². The van der Waals surface area contributed by atoms with Crippen molar-refractivity contribution in [2.45, 2.75) is 31.7 Å². The smallest absolute Gasteiger partial charge is 0.244 e. The van der Waals surface area contributed by atoms with Gasteiger partial charge in [0.05, 0.1) is 10.0 Å². The SMILES string of the molecule is O=C(/C=C/c1ccc(-c2ccc(Cl)c(Cl)c2)o1)NC1CCCC1. The number of hydrogen-bond donors (Lipinski definition) is 1. The molecule has 0 saturated heterocycles. The van der Waals surface area contributed by atoms with Crippen molar-refractivity contribution in [3.63, 3.8) is 0 Å². The lowest BCUT2D eigenvalue weighted by Gasteiger charge is -2.08. The molecule has 2 aromatic rings. The van der Waals surface area contributed by atoms with Crippen LogP contribution in [0.3, 0.4) is 0 Å². The van der Waals surface area contributed by atoms with Crippen molar-refractivity contribution in [2.75, 3.05) is 0 Å². The largest absolute Gasteiger partial charge is 0.457 e. The van der Waals surface area contributed by atoms with Gasteiger partial charge in [-0.25, -0.2) is 0 Å². The standard InChI is InChI=1S/C18H17Cl2NO2/c19-15-8-5-12(11-16(15)20)17-9-6-14(23-17)7-10-18(22)21-13-3-1-2-4-13/h5-11,13H,1-4H2,(H,21,22)/b10-7+. The summed E-state index contributed by atoms with van der Waals surface area (Å²) in [5, 5.41) is 3.99. The maximum atomic E-state index is 11.9. The van der Waals surface area contributed by atoms with E-state index in [4.69, 9.17) is 27.6 Å². The molecule has 1 N–H and O–H groups in total. The number of halogens is 2. The lowest BCUT2D eigenvalue weighted by molar-refractivity contribution is -0.117. The van der Waals surface area contributed by atoms with Crippen LogP contribution in [0.5, 0.6) is 0 Å². The fourth-order valence-electron chi connectivity index (χ4n) is 2.72. The summed E-state index contributed by atoms with van der Waals surface area (Å²) in [5.41, 5.74) is 0.842. The van der Waals surface area contributed by atoms with Crippen molar-refractivity contribution < 1.29 is 9.21 Å². The average Bonchev–Trinajstić information content (AvgIpc) is 3.19. The Balaban J connectivity index is 1.65. The molecule has 1 aromatic carbocycles. The van der Waals surface area contributed by atoms with Gasteiger partial charge in [-0.05, 0) is 49.2 Å². The second-order valence-corrected chi connectivity index (χ2v) is 6.47. The Kier molecular flexibility index (Phi) is 5.09. The van der Waals surface area contributed by atoms with Crippen molar-refractivity contribution in [2.24, 2.45) is 0 Å². The third-order valence-electron chi connectivity index (χ3n) is 3.93. The Hall–Kier alpha value is -1.71. The molecule has 23 heavy (non-hydrogen) atoms. The van der Waals surface area contributed by atoms with Gasteiger partial charge in [-0.15, -0.1) is 0 Å². The molecule has 0 atom stereocenters. The highest BCUT2D eigenvalue weighted by molar-refractivity contribution is 6.42. The van der Waals surface area contributed by atoms with Gasteiger partial charge in [-0.2, -0.15) is 0 Å². The minimum absolute atomic E-state index is 0.0793. The molecule has 0 radical (unpaired) electrons. The number of carbonyl (C=O) groups is 1. The first-order valence-electron chi connectivity index (χ1n) is 7.65. The van der Waals surface area contributed by atoms with Gasteiger partial charge in [-0.1, -0.05) is 36.0 Å². The molecule has 1 saturated carbocycles. The Morgan fingerprint density at radius 3 is 2.65 bits per heavy atom. The van der Waals surface area contributed by atoms with Gasteiger partial charge < -0.3 is 9.73 Å². The van der Waals surface area contributed by atoms with Crippen molar-refractivity contribution in [3.05, 3.63) is 52.2 Å². The highest BCUT2D eigenvalue weighted by atomic mass is 35.5. The number of amides is 1. The summed E-state index contributed by atoms with van der Waals surface area (Å²) < 4.78 is 5.72. The number of rotatable bonds is 4. The van der Waals surface area contributed by atoms with Gasteiger partial charge in [0.1, 0.15) is 11.5 Å². The van der Waals surface area contributed by atoms with Crippen molar-refractivity contribution in [1.82, 2.24) is 5.32 Å². The van der Waals surface area contributed by atoms with Crippen LogP contribution in [0.1, 0.15) is 31.4 Å². The van der Waals surface area contributed by atoms with Crippen LogP contribution in [0.2, 0.25) is 10.0 Å². The van der Waals surface area contributed by atoms with E-state index in [-0.39, 0.29) is 5.91 Å². The predicted molar refractivity (Wildman–Crippen MR) is 93.6 cm³/mol. The van der Waals surface area contributed by atoms with E-state index in [0.717, 1.165) is 18.4 Å². The molecule has 3 rings (SSSR count). The highest BCUT2D eigenvalue weighted by Crippen LogP contribution is 2.29. The van der Waals surface area contributed by atoms with Gasteiger partial charge in [0, 0.05) is 17.7 Å². The molecule has 0 spiro atoms. The minimum atomic E-state index is -0.0793. The summed E-state index contributed by atoms with van der Waals surface area (Å²) in [6.45, 7) is 0. The zero-order valence-electron chi connectivity index (χ0n) is 12.5. The molecule has 1 heterocycles. The first-order valence-corrected chi connectivity index (χ1v) is 8.41. The normalized spacial score (nSPS) is 15.4. The fraction of sp³-hybridized carbons (Fsp3) is 0.278. The van der Waals surface area contributed by atoms with E-state index in [1.165, 1.54) is 18.9 Å². The zero-order valence-corrected chi connectivity index (χ0v) is 14.0. The van der Waals surface area contributed by atoms with Crippen molar-refractivity contribution in [3.8, 4) is 11.3 Å². The molecule has 120 valence electrons. The van der Waals surface area contributed by atoms with E-state index in [2.05, 4.69) is 5.32 Å². The van der Waals surface area contributed by atoms with E-state index >= 15 is 0 Å². The number of hydrogen-bond acceptors (Lipinski definition) is 2. The summed E-state index contributed by atoms with van der Waals surface area (Å²) in [4.78, 5) is 11.9. The molecular formula is C18H17Cl2NO2. The van der Waals surface area contributed by atoms with Crippen LogP contribution in [0, 0.1) is 0 Å². The molecule has 1 amide bonds. The van der Waals surface area contributed by atoms with Crippen LogP contribution >= 0.6 is 23.2 Å². The number of nitrogens with one attached hydrogen (secondary N) is 1. The van der Waals surface area contributed by atoms with Crippen LogP contribution in [-0.2, 0) is 4.79 Å². The summed E-state index contributed by atoms with van der Waals surface area (Å²) in [6.07, 6.45) is 7.71. The molecule has 1 fully saturated rings. The summed E-state index contributed by atoms with van der Waals surface area (Å²) in [7, 11) is 0. The van der Waals surface area contributed by atoms with Crippen LogP contribution < -0.4 is 5.32 Å². The third kappa shape index (κ3) is 4.18. The van der Waals surface area contributed by atoms with E-state index in [0.29, 0.717) is 27.6 Å².